The van der Waals surface area contributed by atoms with Gasteiger partial charge in [-0.1, -0.05) is 31.7 Å². The Kier molecular flexibility index (Phi) is 10.0. The van der Waals surface area contributed by atoms with E-state index in [-0.39, 0.29) is 29.4 Å². The first-order chi connectivity index (χ1) is 14.1. The van der Waals surface area contributed by atoms with Gasteiger partial charge in [-0.15, -0.1) is 0 Å². The van der Waals surface area contributed by atoms with Crippen LogP contribution in [0.5, 0.6) is 0 Å². The fourth-order valence-corrected chi connectivity index (χ4v) is 3.38. The molecule has 0 radical (unpaired) electrons. The molecule has 0 heterocycles. The zero-order valence-corrected chi connectivity index (χ0v) is 17.8. The molecule has 10 heteroatoms. The Morgan fingerprint density at radius 2 is 2.07 bits per heavy atom. The molecular weight excluding hydrogens is 407 g/mol. The van der Waals surface area contributed by atoms with E-state index in [0.717, 1.165) is 11.1 Å². The predicted molar refractivity (Wildman–Crippen MR) is 115 cm³/mol. The molecule has 0 aromatic heterocycles. The van der Waals surface area contributed by atoms with Gasteiger partial charge in [-0.25, -0.2) is 13.2 Å². The van der Waals surface area contributed by atoms with Crippen LogP contribution in [0, 0.1) is 18.3 Å². The number of rotatable bonds is 10. The maximum atomic E-state index is 12.0. The van der Waals surface area contributed by atoms with Crippen LogP contribution in [0.15, 0.2) is 53.6 Å². The largest absolute Gasteiger partial charge is 0.488 e. The number of aryl methyl sites for hydroxylation is 1. The van der Waals surface area contributed by atoms with Crippen molar-refractivity contribution < 1.29 is 28.0 Å². The summed E-state index contributed by atoms with van der Waals surface area (Å²) in [4.78, 5) is 11.9. The minimum atomic E-state index is -3.53. The van der Waals surface area contributed by atoms with Gasteiger partial charge in [0.2, 0.25) is 0 Å². The van der Waals surface area contributed by atoms with E-state index in [9.17, 15) is 23.3 Å². The first kappa shape index (κ1) is 25.2. The molecule has 1 rings (SSSR count). The first-order valence-corrected chi connectivity index (χ1v) is 10.8. The molecule has 1 aromatic carbocycles. The van der Waals surface area contributed by atoms with Crippen LogP contribution in [0.25, 0.3) is 0 Å². The minimum Gasteiger partial charge on any atom is -0.449 e. The number of hydrogen-bond acceptors (Lipinski definition) is 7. The maximum absolute atomic E-state index is 12.0. The van der Waals surface area contributed by atoms with Crippen molar-refractivity contribution in [2.24, 2.45) is 0 Å². The Labute approximate surface area is 177 Å². The highest BCUT2D eigenvalue weighted by Crippen LogP contribution is 2.12. The Hall–Kier alpha value is -2.87. The fraction of sp³-hybridized carbons (Fsp3) is 0.300. The van der Waals surface area contributed by atoms with E-state index in [1.165, 1.54) is 25.2 Å². The van der Waals surface area contributed by atoms with Gasteiger partial charge < -0.3 is 14.8 Å². The molecule has 0 aliphatic rings. The average Bonchev–Trinajstić information content (AvgIpc) is 2.70. The standard InChI is InChI=1S/C20H25BN2O6S/c1-4-18(8-9-19(10-12-22)30(27,28)5-2)23-20(24)29-13-11-16-6-7-17(21(25)26)14-15(16)3/h4,6-9,14,25-26H,1,5,10-11,13H2,2-3H3,(H,23,24)/b18-8+,19-9+. The van der Waals surface area contributed by atoms with Gasteiger partial charge in [0, 0.05) is 12.1 Å². The molecule has 0 spiro atoms. The number of amides is 1. The Morgan fingerprint density at radius 3 is 2.60 bits per heavy atom. The van der Waals surface area contributed by atoms with Gasteiger partial charge in [-0.05, 0) is 41.7 Å². The maximum Gasteiger partial charge on any atom is 0.488 e. The number of nitrogens with one attached hydrogen (secondary N) is 1. The zero-order valence-electron chi connectivity index (χ0n) is 17.0. The topological polar surface area (TPSA) is 137 Å². The summed E-state index contributed by atoms with van der Waals surface area (Å²) < 4.78 is 29.0. The Bertz CT molecular complexity index is 978. The van der Waals surface area contributed by atoms with E-state index in [4.69, 9.17) is 10.00 Å². The van der Waals surface area contributed by atoms with Crippen LogP contribution in [0.2, 0.25) is 0 Å². The van der Waals surface area contributed by atoms with Gasteiger partial charge in [-0.2, -0.15) is 5.26 Å². The molecule has 1 aromatic rings. The summed E-state index contributed by atoms with van der Waals surface area (Å²) in [6, 6.07) is 6.77. The molecule has 160 valence electrons. The van der Waals surface area contributed by atoms with Gasteiger partial charge in [0.1, 0.15) is 0 Å². The zero-order chi connectivity index (χ0) is 22.7. The molecule has 0 aliphatic carbocycles. The van der Waals surface area contributed by atoms with E-state index in [1.54, 1.807) is 24.3 Å². The average molecular weight is 432 g/mol. The van der Waals surface area contributed by atoms with E-state index in [1.807, 2.05) is 6.92 Å². The molecule has 0 unspecified atom stereocenters. The molecule has 3 N–H and O–H groups in total. The quantitative estimate of drug-likeness (QED) is 0.374. The van der Waals surface area contributed by atoms with Crippen LogP contribution in [-0.4, -0.2) is 44.0 Å². The smallest absolute Gasteiger partial charge is 0.449 e. The van der Waals surface area contributed by atoms with Crippen molar-refractivity contribution in [1.82, 2.24) is 5.32 Å². The Morgan fingerprint density at radius 1 is 1.37 bits per heavy atom. The van der Waals surface area contributed by atoms with Crippen LogP contribution in [0.1, 0.15) is 24.5 Å². The fourth-order valence-electron chi connectivity index (χ4n) is 2.45. The van der Waals surface area contributed by atoms with Crippen molar-refractivity contribution in [3.05, 3.63) is 64.7 Å². The normalized spacial score (nSPS) is 12.1. The number of nitrogens with zero attached hydrogens (tertiary/aromatic N) is 1. The lowest BCUT2D eigenvalue weighted by atomic mass is 9.79. The van der Waals surface area contributed by atoms with Gasteiger partial charge in [0.05, 0.1) is 29.8 Å². The van der Waals surface area contributed by atoms with Crippen LogP contribution in [-0.2, 0) is 21.0 Å². The van der Waals surface area contributed by atoms with Gasteiger partial charge in [0.25, 0.3) is 0 Å². The van der Waals surface area contributed by atoms with Crippen LogP contribution in [0.4, 0.5) is 4.79 Å². The van der Waals surface area contributed by atoms with Crippen molar-refractivity contribution in [2.45, 2.75) is 26.7 Å². The van der Waals surface area contributed by atoms with Crippen molar-refractivity contribution in [3.63, 3.8) is 0 Å². The third-order valence-electron chi connectivity index (χ3n) is 4.22. The monoisotopic (exact) mass is 432 g/mol. The highest BCUT2D eigenvalue weighted by molar-refractivity contribution is 7.95. The molecule has 1 amide bonds. The molecule has 8 nitrogen and oxygen atoms in total. The number of carbonyl (C=O) groups excluding carboxylic acids is 1. The highest BCUT2D eigenvalue weighted by atomic mass is 32.2. The van der Waals surface area contributed by atoms with Crippen LogP contribution >= 0.6 is 0 Å². The summed E-state index contributed by atoms with van der Waals surface area (Å²) in [7, 11) is -5.07. The number of benzene rings is 1. The van der Waals surface area contributed by atoms with Gasteiger partial charge >= 0.3 is 13.2 Å². The van der Waals surface area contributed by atoms with Crippen molar-refractivity contribution in [2.75, 3.05) is 12.4 Å². The number of sulfone groups is 1. The molecular formula is C20H25BN2O6S. The summed E-state index contributed by atoms with van der Waals surface area (Å²) in [5.41, 5.74) is 2.33. The van der Waals surface area contributed by atoms with E-state index >= 15 is 0 Å². The van der Waals surface area contributed by atoms with Crippen molar-refractivity contribution >= 4 is 28.5 Å². The van der Waals surface area contributed by atoms with Gasteiger partial charge in [0.15, 0.2) is 9.84 Å². The second kappa shape index (κ2) is 12.0. The lowest BCUT2D eigenvalue weighted by molar-refractivity contribution is 0.150. The summed E-state index contributed by atoms with van der Waals surface area (Å²) in [5.74, 6) is -0.134. The van der Waals surface area contributed by atoms with Gasteiger partial charge in [-0.3, -0.25) is 5.32 Å². The predicted octanol–water partition coefficient (Wildman–Crippen LogP) is 1.25. The molecule has 0 aliphatic heterocycles. The van der Waals surface area contributed by atoms with Crippen molar-refractivity contribution in [3.8, 4) is 6.07 Å². The summed E-state index contributed by atoms with van der Waals surface area (Å²) in [6.07, 6.45) is 3.34. The molecule has 30 heavy (non-hydrogen) atoms. The summed E-state index contributed by atoms with van der Waals surface area (Å²) in [6.45, 7) is 6.94. The number of nitriles is 1. The SMILES string of the molecule is C=C/C(=C\C=C(/CC#N)S(=O)(=O)CC)NC(=O)OCCc1ccc(B(O)O)cc1C. The van der Waals surface area contributed by atoms with Crippen LogP contribution in [0.3, 0.4) is 0 Å². The number of ether oxygens (including phenoxy) is 1. The number of hydrogen-bond donors (Lipinski definition) is 3. The number of alkyl carbamates (subject to hydrolysis) is 1. The van der Waals surface area contributed by atoms with Crippen molar-refractivity contribution in [1.29, 1.82) is 5.26 Å². The number of allylic oxidation sites excluding steroid dienone is 4. The van der Waals surface area contributed by atoms with Crippen LogP contribution < -0.4 is 10.8 Å². The first-order valence-electron chi connectivity index (χ1n) is 9.17. The Balaban J connectivity index is 2.72. The van der Waals surface area contributed by atoms with E-state index in [2.05, 4.69) is 11.9 Å². The molecule has 0 saturated carbocycles. The molecule has 0 saturated heterocycles. The summed E-state index contributed by atoms with van der Waals surface area (Å²) >= 11 is 0. The second-order valence-corrected chi connectivity index (χ2v) is 8.60. The summed E-state index contributed by atoms with van der Waals surface area (Å²) in [5, 5.41) is 29.6. The number of carbonyl (C=O) groups is 1. The second-order valence-electron chi connectivity index (χ2n) is 6.27. The third-order valence-corrected chi connectivity index (χ3v) is 6.06. The minimum absolute atomic E-state index is 0.0473. The molecule has 0 fully saturated rings. The lowest BCUT2D eigenvalue weighted by Gasteiger charge is -2.10. The van der Waals surface area contributed by atoms with E-state index in [0.29, 0.717) is 11.9 Å². The lowest BCUT2D eigenvalue weighted by Crippen LogP contribution is -2.30. The third kappa shape index (κ3) is 7.87. The molecule has 0 bridgehead atoms. The van der Waals surface area contributed by atoms with E-state index < -0.39 is 23.0 Å². The molecule has 0 atom stereocenters. The highest BCUT2D eigenvalue weighted by Gasteiger charge is 2.14.